The predicted molar refractivity (Wildman–Crippen MR) is 122 cm³/mol. The van der Waals surface area contributed by atoms with E-state index in [9.17, 15) is 4.39 Å². The fraction of sp³-hybridized carbons (Fsp3) is 0.280. The predicted octanol–water partition coefficient (Wildman–Crippen LogP) is 5.04. The number of hydrogen-bond donors (Lipinski definition) is 3. The van der Waals surface area contributed by atoms with Crippen LogP contribution in [0.2, 0.25) is 0 Å². The third-order valence-corrected chi connectivity index (χ3v) is 6.14. The molecule has 1 saturated carbocycles. The highest BCUT2D eigenvalue weighted by molar-refractivity contribution is 5.85. The van der Waals surface area contributed by atoms with Gasteiger partial charge in [-0.25, -0.2) is 14.4 Å². The van der Waals surface area contributed by atoms with Crippen LogP contribution in [-0.2, 0) is 6.42 Å². The van der Waals surface area contributed by atoms with E-state index in [2.05, 4.69) is 32.4 Å². The summed E-state index contributed by atoms with van der Waals surface area (Å²) < 4.78 is 13.2. The lowest BCUT2D eigenvalue weighted by Crippen LogP contribution is -2.32. The molecule has 3 heterocycles. The number of hydrogen-bond acceptors (Lipinski definition) is 4. The van der Waals surface area contributed by atoms with Crippen LogP contribution in [0.4, 0.5) is 10.2 Å². The van der Waals surface area contributed by atoms with Gasteiger partial charge in [0, 0.05) is 41.6 Å². The first-order valence-electron chi connectivity index (χ1n) is 10.8. The van der Waals surface area contributed by atoms with E-state index in [1.165, 1.54) is 12.1 Å². The molecule has 1 fully saturated rings. The topological polar surface area (TPSA) is 79.6 Å². The number of rotatable bonds is 5. The molecule has 1 aromatic carbocycles. The number of nitrogens with two attached hydrogens (primary N) is 1. The lowest BCUT2D eigenvalue weighted by Gasteiger charge is -2.27. The summed E-state index contributed by atoms with van der Waals surface area (Å²) in [6, 6.07) is 13.7. The summed E-state index contributed by atoms with van der Waals surface area (Å²) >= 11 is 0. The maximum atomic E-state index is 13.2. The molecule has 0 amide bonds. The standard InChI is InChI=1S/C25H26FN5/c26-20-3-1-16(2-4-20)11-19-15-30-25-23(19)12-18(14-29-25)17-9-10-28-24(13-17)31-22-7-5-21(27)6-8-22/h1-4,9-10,12-15,21-22H,5-8,11,27H2,(H,28,31)(H,29,30). The molecule has 4 N–H and O–H groups in total. The SMILES string of the molecule is NC1CCC(Nc2cc(-c3cnc4[nH]cc(Cc5ccc(F)cc5)c4c3)ccn2)CC1. The maximum absolute atomic E-state index is 13.2. The molecule has 0 aliphatic heterocycles. The fourth-order valence-electron chi connectivity index (χ4n) is 4.35. The maximum Gasteiger partial charge on any atom is 0.137 e. The van der Waals surface area contributed by atoms with Crippen LogP contribution in [0.15, 0.2) is 61.1 Å². The number of nitrogens with one attached hydrogen (secondary N) is 2. The zero-order chi connectivity index (χ0) is 21.2. The molecule has 0 saturated heterocycles. The number of halogens is 1. The van der Waals surface area contributed by atoms with Crippen molar-refractivity contribution in [3.63, 3.8) is 0 Å². The average Bonchev–Trinajstić information content (AvgIpc) is 3.19. The molecule has 5 nitrogen and oxygen atoms in total. The van der Waals surface area contributed by atoms with Gasteiger partial charge >= 0.3 is 0 Å². The molecular weight excluding hydrogens is 389 g/mol. The average molecular weight is 416 g/mol. The van der Waals surface area contributed by atoms with Gasteiger partial charge in [0.2, 0.25) is 0 Å². The first-order valence-corrected chi connectivity index (χ1v) is 10.8. The van der Waals surface area contributed by atoms with Gasteiger partial charge < -0.3 is 16.0 Å². The van der Waals surface area contributed by atoms with Gasteiger partial charge in [0.05, 0.1) is 0 Å². The lowest BCUT2D eigenvalue weighted by atomic mass is 9.92. The third kappa shape index (κ3) is 4.44. The second kappa shape index (κ2) is 8.47. The third-order valence-electron chi connectivity index (χ3n) is 6.14. The van der Waals surface area contributed by atoms with Gasteiger partial charge in [0.15, 0.2) is 0 Å². The van der Waals surface area contributed by atoms with E-state index in [0.29, 0.717) is 12.1 Å². The largest absolute Gasteiger partial charge is 0.367 e. The summed E-state index contributed by atoms with van der Waals surface area (Å²) in [6.07, 6.45) is 10.7. The van der Waals surface area contributed by atoms with Gasteiger partial charge in [0.1, 0.15) is 17.3 Å². The normalized spacial score (nSPS) is 18.9. The van der Waals surface area contributed by atoms with Crippen LogP contribution >= 0.6 is 0 Å². The second-order valence-electron chi connectivity index (χ2n) is 8.42. The molecule has 4 aromatic rings. The summed E-state index contributed by atoms with van der Waals surface area (Å²) in [7, 11) is 0. The smallest absolute Gasteiger partial charge is 0.137 e. The van der Waals surface area contributed by atoms with Crippen LogP contribution in [-0.4, -0.2) is 27.0 Å². The molecule has 0 radical (unpaired) electrons. The Morgan fingerprint density at radius 1 is 1.00 bits per heavy atom. The fourth-order valence-corrected chi connectivity index (χ4v) is 4.35. The van der Waals surface area contributed by atoms with E-state index in [-0.39, 0.29) is 5.82 Å². The molecule has 1 aliphatic carbocycles. The quantitative estimate of drug-likeness (QED) is 0.427. The van der Waals surface area contributed by atoms with Gasteiger partial charge in [-0.05, 0) is 79.1 Å². The number of fused-ring (bicyclic) bond motifs is 1. The summed E-state index contributed by atoms with van der Waals surface area (Å²) in [5.41, 5.74) is 11.2. The Morgan fingerprint density at radius 2 is 1.81 bits per heavy atom. The van der Waals surface area contributed by atoms with Gasteiger partial charge in [-0.3, -0.25) is 0 Å². The molecule has 0 bridgehead atoms. The number of pyridine rings is 2. The lowest BCUT2D eigenvalue weighted by molar-refractivity contribution is 0.410. The monoisotopic (exact) mass is 415 g/mol. The summed E-state index contributed by atoms with van der Waals surface area (Å²) in [4.78, 5) is 12.4. The molecular formula is C25H26FN5. The van der Waals surface area contributed by atoms with E-state index in [0.717, 1.165) is 71.2 Å². The zero-order valence-electron chi connectivity index (χ0n) is 17.3. The first-order chi connectivity index (χ1) is 15.1. The number of nitrogens with zero attached hydrogens (tertiary/aromatic N) is 2. The van der Waals surface area contributed by atoms with Crippen molar-refractivity contribution in [1.29, 1.82) is 0 Å². The van der Waals surface area contributed by atoms with E-state index in [1.807, 2.05) is 36.8 Å². The highest BCUT2D eigenvalue weighted by Gasteiger charge is 2.18. The van der Waals surface area contributed by atoms with Crippen LogP contribution in [0.5, 0.6) is 0 Å². The molecule has 0 unspecified atom stereocenters. The zero-order valence-corrected chi connectivity index (χ0v) is 17.3. The molecule has 3 aromatic heterocycles. The Kier molecular flexibility index (Phi) is 5.38. The number of aromatic amines is 1. The highest BCUT2D eigenvalue weighted by atomic mass is 19.1. The minimum atomic E-state index is -0.218. The summed E-state index contributed by atoms with van der Waals surface area (Å²) in [5, 5.41) is 4.65. The minimum Gasteiger partial charge on any atom is -0.367 e. The van der Waals surface area contributed by atoms with Crippen molar-refractivity contribution in [3.05, 3.63) is 78.0 Å². The molecule has 158 valence electrons. The van der Waals surface area contributed by atoms with Crippen molar-refractivity contribution in [1.82, 2.24) is 15.0 Å². The second-order valence-corrected chi connectivity index (χ2v) is 8.42. The Bertz CT molecular complexity index is 1180. The van der Waals surface area contributed by atoms with E-state index in [1.54, 1.807) is 0 Å². The molecule has 0 spiro atoms. The van der Waals surface area contributed by atoms with Crippen molar-refractivity contribution in [3.8, 4) is 11.1 Å². The number of anilines is 1. The van der Waals surface area contributed by atoms with Gasteiger partial charge in [-0.2, -0.15) is 0 Å². The van der Waals surface area contributed by atoms with Crippen LogP contribution < -0.4 is 11.1 Å². The van der Waals surface area contributed by atoms with E-state index in [4.69, 9.17) is 5.73 Å². The van der Waals surface area contributed by atoms with Crippen molar-refractivity contribution < 1.29 is 4.39 Å². The number of aromatic nitrogens is 3. The van der Waals surface area contributed by atoms with Crippen LogP contribution in [0.25, 0.3) is 22.2 Å². The van der Waals surface area contributed by atoms with Crippen molar-refractivity contribution in [2.75, 3.05) is 5.32 Å². The Hall–Kier alpha value is -3.25. The Labute approximate surface area is 180 Å². The van der Waals surface area contributed by atoms with Crippen LogP contribution in [0, 0.1) is 5.82 Å². The van der Waals surface area contributed by atoms with Gasteiger partial charge in [-0.15, -0.1) is 0 Å². The molecule has 5 rings (SSSR count). The molecule has 6 heteroatoms. The van der Waals surface area contributed by atoms with Crippen LogP contribution in [0.3, 0.4) is 0 Å². The number of benzene rings is 1. The Balaban J connectivity index is 1.39. The van der Waals surface area contributed by atoms with Crippen molar-refractivity contribution in [2.24, 2.45) is 5.73 Å². The minimum absolute atomic E-state index is 0.218. The van der Waals surface area contributed by atoms with Gasteiger partial charge in [0.25, 0.3) is 0 Å². The number of H-pyrrole nitrogens is 1. The van der Waals surface area contributed by atoms with Gasteiger partial charge in [-0.1, -0.05) is 12.1 Å². The molecule has 1 aliphatic rings. The summed E-state index contributed by atoms with van der Waals surface area (Å²) in [6.45, 7) is 0. The van der Waals surface area contributed by atoms with Crippen LogP contribution in [0.1, 0.15) is 36.8 Å². The highest BCUT2D eigenvalue weighted by Crippen LogP contribution is 2.28. The van der Waals surface area contributed by atoms with E-state index < -0.39 is 0 Å². The van der Waals surface area contributed by atoms with E-state index >= 15 is 0 Å². The first kappa shape index (κ1) is 19.7. The molecule has 31 heavy (non-hydrogen) atoms. The summed E-state index contributed by atoms with van der Waals surface area (Å²) in [5.74, 6) is 0.670. The van der Waals surface area contributed by atoms with Crippen molar-refractivity contribution >= 4 is 16.9 Å². The Morgan fingerprint density at radius 3 is 2.61 bits per heavy atom. The van der Waals surface area contributed by atoms with Crippen molar-refractivity contribution in [2.45, 2.75) is 44.2 Å². The molecule has 0 atom stereocenters.